The van der Waals surface area contributed by atoms with Crippen LogP contribution in [0.4, 0.5) is 5.69 Å². The Bertz CT molecular complexity index is 632. The minimum atomic E-state index is -0.472. The zero-order valence-corrected chi connectivity index (χ0v) is 13.0. The number of benzene rings is 1. The van der Waals surface area contributed by atoms with E-state index in [2.05, 4.69) is 26.2 Å². The normalized spacial score (nSPS) is 12.3. The first-order valence-electron chi connectivity index (χ1n) is 5.98. The molecule has 1 heterocycles. The van der Waals surface area contributed by atoms with E-state index in [1.165, 1.54) is 12.1 Å². The van der Waals surface area contributed by atoms with E-state index in [0.29, 0.717) is 11.6 Å². The number of nitrogens with zero attached hydrogens (tertiary/aromatic N) is 4. The van der Waals surface area contributed by atoms with Crippen molar-refractivity contribution >= 4 is 33.2 Å². The van der Waals surface area contributed by atoms with E-state index < -0.39 is 4.92 Å². The quantitative estimate of drug-likeness (QED) is 0.463. The summed E-state index contributed by atoms with van der Waals surface area (Å²) in [5.41, 5.74) is 1.59. The number of halogens is 2. The van der Waals surface area contributed by atoms with Gasteiger partial charge in [-0.1, -0.05) is 39.7 Å². The Morgan fingerprint density at radius 1 is 1.55 bits per heavy atom. The van der Waals surface area contributed by atoms with Gasteiger partial charge in [0.25, 0.3) is 5.69 Å². The number of hydrogen-bond donors (Lipinski definition) is 0. The van der Waals surface area contributed by atoms with Crippen molar-refractivity contribution in [2.24, 2.45) is 0 Å². The van der Waals surface area contributed by atoms with Gasteiger partial charge < -0.3 is 0 Å². The monoisotopic (exact) mass is 358 g/mol. The minimum Gasteiger partial charge on any atom is -0.258 e. The maximum absolute atomic E-state index is 10.6. The van der Waals surface area contributed by atoms with Crippen LogP contribution in [0.25, 0.3) is 0 Å². The average molecular weight is 360 g/mol. The number of nitro groups is 1. The zero-order chi connectivity index (χ0) is 14.7. The predicted octanol–water partition coefficient (Wildman–Crippen LogP) is 3.73. The number of non-ortho nitro benzene ring substituents is 1. The summed E-state index contributed by atoms with van der Waals surface area (Å²) in [4.78, 5) is 10.3. The van der Waals surface area contributed by atoms with Crippen LogP contribution in [0.2, 0.25) is 5.02 Å². The molecule has 0 N–H and O–H groups in total. The third-order valence-electron chi connectivity index (χ3n) is 2.82. The lowest BCUT2D eigenvalue weighted by molar-refractivity contribution is -0.384. The summed E-state index contributed by atoms with van der Waals surface area (Å²) in [5, 5.41) is 19.1. The van der Waals surface area contributed by atoms with Gasteiger partial charge in [-0.2, -0.15) is 0 Å². The second kappa shape index (κ2) is 6.32. The molecule has 0 bridgehead atoms. The molecule has 1 unspecified atom stereocenters. The molecule has 0 fully saturated rings. The number of hydrogen-bond acceptors (Lipinski definition) is 4. The van der Waals surface area contributed by atoms with Crippen LogP contribution in [0.1, 0.15) is 29.4 Å². The predicted molar refractivity (Wildman–Crippen MR) is 79.2 cm³/mol. The van der Waals surface area contributed by atoms with Crippen molar-refractivity contribution < 1.29 is 4.92 Å². The second-order valence-electron chi connectivity index (χ2n) is 4.25. The number of nitro benzene ring substituents is 1. The molecule has 2 aromatic rings. The van der Waals surface area contributed by atoms with Crippen LogP contribution < -0.4 is 0 Å². The van der Waals surface area contributed by atoms with Gasteiger partial charge in [0.05, 0.1) is 27.0 Å². The molecule has 2 rings (SSSR count). The van der Waals surface area contributed by atoms with E-state index in [0.717, 1.165) is 17.7 Å². The molecular formula is C12H12BrClN4O2. The molecule has 0 amide bonds. The van der Waals surface area contributed by atoms with Gasteiger partial charge in [-0.15, -0.1) is 5.10 Å². The number of alkyl halides is 1. The average Bonchev–Trinajstić information content (AvgIpc) is 2.88. The summed E-state index contributed by atoms with van der Waals surface area (Å²) in [7, 11) is 0. The molecule has 0 aliphatic heterocycles. The Morgan fingerprint density at radius 3 is 2.90 bits per heavy atom. The molecule has 0 aliphatic carbocycles. The fourth-order valence-electron chi connectivity index (χ4n) is 1.70. The van der Waals surface area contributed by atoms with E-state index in [1.54, 1.807) is 10.7 Å². The molecule has 0 spiro atoms. The van der Waals surface area contributed by atoms with Gasteiger partial charge in [0.15, 0.2) is 0 Å². The van der Waals surface area contributed by atoms with Gasteiger partial charge in [0.2, 0.25) is 0 Å². The lowest BCUT2D eigenvalue weighted by Gasteiger charge is -2.04. The van der Waals surface area contributed by atoms with E-state index in [4.69, 9.17) is 11.6 Å². The van der Waals surface area contributed by atoms with Gasteiger partial charge in [0, 0.05) is 18.3 Å². The van der Waals surface area contributed by atoms with Gasteiger partial charge in [-0.3, -0.25) is 10.1 Å². The Labute approximate surface area is 129 Å². The maximum Gasteiger partial charge on any atom is 0.270 e. The van der Waals surface area contributed by atoms with Crippen LogP contribution in [-0.4, -0.2) is 19.9 Å². The highest BCUT2D eigenvalue weighted by Crippen LogP contribution is 2.25. The fraction of sp³-hybridized carbons (Fsp3) is 0.333. The van der Waals surface area contributed by atoms with Crippen LogP contribution in [0.15, 0.2) is 24.4 Å². The lowest BCUT2D eigenvalue weighted by Crippen LogP contribution is -2.01. The summed E-state index contributed by atoms with van der Waals surface area (Å²) in [6.45, 7) is 2.47. The van der Waals surface area contributed by atoms with Crippen LogP contribution in [0, 0.1) is 10.1 Å². The number of rotatable bonds is 5. The van der Waals surface area contributed by atoms with E-state index in [1.807, 2.05) is 13.1 Å². The molecule has 0 radical (unpaired) electrons. The molecule has 0 saturated carbocycles. The largest absolute Gasteiger partial charge is 0.270 e. The molecule has 1 atom stereocenters. The first-order chi connectivity index (χ1) is 9.51. The summed E-state index contributed by atoms with van der Waals surface area (Å²) >= 11 is 9.55. The molecule has 0 aliphatic rings. The lowest BCUT2D eigenvalue weighted by atomic mass is 10.2. The summed E-state index contributed by atoms with van der Waals surface area (Å²) in [6.07, 6.45) is 2.75. The first kappa shape index (κ1) is 14.9. The highest BCUT2D eigenvalue weighted by molar-refractivity contribution is 9.09. The molecule has 0 saturated heterocycles. The molecule has 1 aromatic heterocycles. The van der Waals surface area contributed by atoms with Crippen LogP contribution in [-0.2, 0) is 6.54 Å². The van der Waals surface area contributed by atoms with Crippen molar-refractivity contribution in [1.29, 1.82) is 0 Å². The summed E-state index contributed by atoms with van der Waals surface area (Å²) < 4.78 is 1.66. The van der Waals surface area contributed by atoms with E-state index in [9.17, 15) is 10.1 Å². The van der Waals surface area contributed by atoms with Gasteiger partial charge in [-0.05, 0) is 18.1 Å². The number of aromatic nitrogens is 3. The Balaban J connectivity index is 2.18. The minimum absolute atomic E-state index is 0.0236. The third kappa shape index (κ3) is 3.34. The zero-order valence-electron chi connectivity index (χ0n) is 10.7. The van der Waals surface area contributed by atoms with Crippen molar-refractivity contribution in [3.63, 3.8) is 0 Å². The molecule has 106 valence electrons. The topological polar surface area (TPSA) is 73.8 Å². The highest BCUT2D eigenvalue weighted by atomic mass is 79.9. The molecular weight excluding hydrogens is 348 g/mol. The first-order valence-corrected chi connectivity index (χ1v) is 7.27. The Morgan fingerprint density at radius 2 is 2.30 bits per heavy atom. The summed E-state index contributed by atoms with van der Waals surface area (Å²) in [6, 6.07) is 4.40. The van der Waals surface area contributed by atoms with Gasteiger partial charge >= 0.3 is 0 Å². The van der Waals surface area contributed by atoms with Crippen LogP contribution in [0.5, 0.6) is 0 Å². The maximum atomic E-state index is 10.6. The van der Waals surface area contributed by atoms with Gasteiger partial charge in [-0.25, -0.2) is 4.68 Å². The Kier molecular flexibility index (Phi) is 4.72. The Hall–Kier alpha value is -1.47. The van der Waals surface area contributed by atoms with Crippen molar-refractivity contribution in [2.45, 2.75) is 24.7 Å². The van der Waals surface area contributed by atoms with E-state index >= 15 is 0 Å². The molecule has 20 heavy (non-hydrogen) atoms. The summed E-state index contributed by atoms with van der Waals surface area (Å²) in [5.74, 6) is 0. The second-order valence-corrected chi connectivity index (χ2v) is 5.76. The van der Waals surface area contributed by atoms with E-state index in [-0.39, 0.29) is 10.5 Å². The van der Waals surface area contributed by atoms with Crippen molar-refractivity contribution in [3.05, 3.63) is 50.8 Å². The van der Waals surface area contributed by atoms with Crippen molar-refractivity contribution in [2.75, 3.05) is 0 Å². The molecule has 6 nitrogen and oxygen atoms in total. The fourth-order valence-corrected chi connectivity index (χ4v) is 2.14. The molecule has 1 aromatic carbocycles. The van der Waals surface area contributed by atoms with Crippen LogP contribution in [0.3, 0.4) is 0 Å². The van der Waals surface area contributed by atoms with Crippen molar-refractivity contribution in [3.8, 4) is 0 Å². The SMILES string of the molecule is CCC(Br)c1cn(Cc2ccc([N+](=O)[O-])cc2Cl)nn1. The smallest absolute Gasteiger partial charge is 0.258 e. The van der Waals surface area contributed by atoms with Crippen molar-refractivity contribution in [1.82, 2.24) is 15.0 Å². The standard InChI is InChI=1S/C12H12BrClN4O2/c1-2-10(13)12-7-17(16-15-12)6-8-3-4-9(18(19)20)5-11(8)14/h3-5,7,10H,2,6H2,1H3. The van der Waals surface area contributed by atoms with Gasteiger partial charge in [0.1, 0.15) is 0 Å². The molecule has 8 heteroatoms. The third-order valence-corrected chi connectivity index (χ3v) is 4.28. The highest BCUT2D eigenvalue weighted by Gasteiger charge is 2.12. The van der Waals surface area contributed by atoms with Crippen LogP contribution >= 0.6 is 27.5 Å².